The van der Waals surface area contributed by atoms with Gasteiger partial charge in [-0.25, -0.2) is 0 Å². The molecule has 0 saturated carbocycles. The molecule has 0 atom stereocenters. The van der Waals surface area contributed by atoms with Gasteiger partial charge in [-0.1, -0.05) is 52.0 Å². The first kappa shape index (κ1) is 27.7. The van der Waals surface area contributed by atoms with E-state index in [4.69, 9.17) is 9.47 Å². The predicted molar refractivity (Wildman–Crippen MR) is 139 cm³/mol. The number of benzene rings is 2. The molecule has 35 heavy (non-hydrogen) atoms. The molecule has 0 aliphatic rings. The number of phenolic OH excluding ortho intramolecular Hbond substituents is 2. The molecule has 0 unspecified atom stereocenters. The highest BCUT2D eigenvalue weighted by Crippen LogP contribution is 2.39. The molecular weight excluding hydrogens is 444 g/mol. The Bertz CT molecular complexity index is 1080. The van der Waals surface area contributed by atoms with Crippen LogP contribution in [0.15, 0.2) is 42.5 Å². The Hall–Kier alpha value is -3.54. The second-order valence-corrected chi connectivity index (χ2v) is 8.39. The normalized spacial score (nSPS) is 11.8. The number of ketones is 2. The summed E-state index contributed by atoms with van der Waals surface area (Å²) in [6, 6.07) is 8.04. The van der Waals surface area contributed by atoms with Crippen molar-refractivity contribution in [1.82, 2.24) is 0 Å². The van der Waals surface area contributed by atoms with E-state index < -0.39 is 0 Å². The summed E-state index contributed by atoms with van der Waals surface area (Å²) >= 11 is 0. The van der Waals surface area contributed by atoms with E-state index in [2.05, 4.69) is 20.8 Å². The van der Waals surface area contributed by atoms with Crippen molar-refractivity contribution < 1.29 is 29.3 Å². The Balaban J connectivity index is 2.15. The van der Waals surface area contributed by atoms with Gasteiger partial charge in [0.15, 0.2) is 34.6 Å². The smallest absolute Gasteiger partial charge is 0.165 e. The molecule has 0 aromatic heterocycles. The highest BCUT2D eigenvalue weighted by Gasteiger charge is 2.28. The molecule has 6 heteroatoms. The average molecular weight is 481 g/mol. The fourth-order valence-electron chi connectivity index (χ4n) is 3.91. The third kappa shape index (κ3) is 7.22. The Morgan fingerprint density at radius 2 is 1.49 bits per heavy atom. The van der Waals surface area contributed by atoms with E-state index in [0.29, 0.717) is 23.5 Å². The molecule has 0 radical (unpaired) electrons. The van der Waals surface area contributed by atoms with Crippen LogP contribution in [0.25, 0.3) is 12.2 Å². The standard InChI is InChI=1S/C29H36O6/c1-6-24-21(13-17-26(33)28(24)35-29(7-2,8-3)9-4)12-15-23(31)19-22(30)14-10-20-11-16-25(32)27(18-20)34-5/h10-18,32-33H,6-9,19H2,1-5H3/b14-10+,15-12+. The monoisotopic (exact) mass is 480 g/mol. The van der Waals surface area contributed by atoms with Crippen molar-refractivity contribution in [1.29, 1.82) is 0 Å². The molecule has 0 spiro atoms. The quantitative estimate of drug-likeness (QED) is 0.259. The number of rotatable bonds is 13. The molecule has 0 heterocycles. The van der Waals surface area contributed by atoms with Gasteiger partial charge < -0.3 is 19.7 Å². The Morgan fingerprint density at radius 1 is 0.886 bits per heavy atom. The summed E-state index contributed by atoms with van der Waals surface area (Å²) in [6.45, 7) is 8.18. The molecule has 2 aromatic carbocycles. The van der Waals surface area contributed by atoms with E-state index in [-0.39, 0.29) is 35.1 Å². The van der Waals surface area contributed by atoms with Crippen molar-refractivity contribution in [3.05, 3.63) is 59.2 Å². The number of ether oxygens (including phenoxy) is 2. The highest BCUT2D eigenvalue weighted by molar-refractivity contribution is 6.11. The molecule has 0 fully saturated rings. The second-order valence-electron chi connectivity index (χ2n) is 8.39. The minimum atomic E-state index is -0.361. The van der Waals surface area contributed by atoms with Crippen molar-refractivity contribution >= 4 is 23.7 Å². The Kier molecular flexibility index (Phi) is 10.1. The first-order valence-electron chi connectivity index (χ1n) is 12.0. The zero-order valence-corrected chi connectivity index (χ0v) is 21.3. The van der Waals surface area contributed by atoms with Crippen LogP contribution < -0.4 is 9.47 Å². The van der Waals surface area contributed by atoms with Crippen LogP contribution >= 0.6 is 0 Å². The van der Waals surface area contributed by atoms with Gasteiger partial charge in [-0.2, -0.15) is 0 Å². The molecular formula is C29H36O6. The SMILES string of the molecule is CCc1c(/C=C/C(=O)CC(=O)/C=C/c2ccc(O)c(OC)c2)ccc(O)c1OC(CC)(CC)CC. The lowest BCUT2D eigenvalue weighted by Gasteiger charge is -2.33. The first-order valence-corrected chi connectivity index (χ1v) is 12.0. The molecule has 188 valence electrons. The van der Waals surface area contributed by atoms with Gasteiger partial charge in [0.25, 0.3) is 0 Å². The molecule has 2 N–H and O–H groups in total. The molecule has 0 saturated heterocycles. The van der Waals surface area contributed by atoms with E-state index in [1.54, 1.807) is 36.4 Å². The third-order valence-corrected chi connectivity index (χ3v) is 6.34. The number of aromatic hydroxyl groups is 2. The second kappa shape index (κ2) is 12.8. The van der Waals surface area contributed by atoms with Crippen LogP contribution in [0.3, 0.4) is 0 Å². The summed E-state index contributed by atoms with van der Waals surface area (Å²) in [7, 11) is 1.44. The van der Waals surface area contributed by atoms with Gasteiger partial charge in [0.1, 0.15) is 5.60 Å². The van der Waals surface area contributed by atoms with Gasteiger partial charge in [-0.05, 0) is 67.2 Å². The van der Waals surface area contributed by atoms with E-state index >= 15 is 0 Å². The summed E-state index contributed by atoms with van der Waals surface area (Å²) < 4.78 is 11.4. The van der Waals surface area contributed by atoms with Gasteiger partial charge in [0.2, 0.25) is 0 Å². The minimum Gasteiger partial charge on any atom is -0.504 e. The Morgan fingerprint density at radius 3 is 2.06 bits per heavy atom. The van der Waals surface area contributed by atoms with Crippen molar-refractivity contribution in [2.24, 2.45) is 0 Å². The van der Waals surface area contributed by atoms with Crippen LogP contribution in [0.5, 0.6) is 23.0 Å². The molecule has 2 aromatic rings. The predicted octanol–water partition coefficient (Wildman–Crippen LogP) is 6.27. The van der Waals surface area contributed by atoms with Crippen LogP contribution in [0, 0.1) is 0 Å². The zero-order valence-electron chi connectivity index (χ0n) is 21.3. The number of methoxy groups -OCH3 is 1. The highest BCUT2D eigenvalue weighted by atomic mass is 16.5. The lowest BCUT2D eigenvalue weighted by Crippen LogP contribution is -2.34. The minimum absolute atomic E-state index is 0.00954. The first-order chi connectivity index (χ1) is 16.7. The molecule has 0 bridgehead atoms. The maximum absolute atomic E-state index is 12.4. The van der Waals surface area contributed by atoms with Gasteiger partial charge in [0.05, 0.1) is 13.5 Å². The number of allylic oxidation sites excluding steroid dienone is 2. The zero-order chi connectivity index (χ0) is 26.0. The molecule has 2 rings (SSSR count). The van der Waals surface area contributed by atoms with E-state index in [1.165, 1.54) is 25.3 Å². The largest absolute Gasteiger partial charge is 0.504 e. The summed E-state index contributed by atoms with van der Waals surface area (Å²) in [4.78, 5) is 24.7. The number of carbonyl (C=O) groups excluding carboxylic acids is 2. The van der Waals surface area contributed by atoms with Crippen LogP contribution in [0.2, 0.25) is 0 Å². The number of carbonyl (C=O) groups is 2. The maximum atomic E-state index is 12.4. The molecule has 0 aliphatic heterocycles. The van der Waals surface area contributed by atoms with Crippen LogP contribution in [0.4, 0.5) is 0 Å². The van der Waals surface area contributed by atoms with Gasteiger partial charge >= 0.3 is 0 Å². The van der Waals surface area contributed by atoms with Crippen molar-refractivity contribution in [3.63, 3.8) is 0 Å². The Labute approximate surface area is 207 Å². The summed E-state index contributed by atoms with van der Waals surface area (Å²) in [6.07, 6.45) is 8.74. The van der Waals surface area contributed by atoms with Gasteiger partial charge in [-0.3, -0.25) is 9.59 Å². The van der Waals surface area contributed by atoms with Gasteiger partial charge in [-0.15, -0.1) is 0 Å². The summed E-state index contributed by atoms with van der Waals surface area (Å²) in [5.74, 6) is 0.181. The maximum Gasteiger partial charge on any atom is 0.165 e. The molecule has 6 nitrogen and oxygen atoms in total. The third-order valence-electron chi connectivity index (χ3n) is 6.34. The summed E-state index contributed by atoms with van der Waals surface area (Å²) in [5.41, 5.74) is 1.90. The lowest BCUT2D eigenvalue weighted by molar-refractivity contribution is -0.121. The molecule has 0 amide bonds. The van der Waals surface area contributed by atoms with Crippen molar-refractivity contribution in [2.45, 2.75) is 65.4 Å². The number of phenols is 2. The van der Waals surface area contributed by atoms with Crippen molar-refractivity contribution in [2.75, 3.05) is 7.11 Å². The van der Waals surface area contributed by atoms with Crippen molar-refractivity contribution in [3.8, 4) is 23.0 Å². The average Bonchev–Trinajstić information content (AvgIpc) is 2.86. The fourth-order valence-corrected chi connectivity index (χ4v) is 3.91. The number of hydrogen-bond acceptors (Lipinski definition) is 6. The number of hydrogen-bond donors (Lipinski definition) is 2. The lowest BCUT2D eigenvalue weighted by atomic mass is 9.93. The van der Waals surface area contributed by atoms with Crippen LogP contribution in [0.1, 0.15) is 70.1 Å². The van der Waals surface area contributed by atoms with Gasteiger partial charge in [0, 0.05) is 5.56 Å². The van der Waals surface area contributed by atoms with E-state index in [1.807, 2.05) is 6.92 Å². The summed E-state index contributed by atoms with van der Waals surface area (Å²) in [5, 5.41) is 20.2. The van der Waals surface area contributed by atoms with E-state index in [0.717, 1.165) is 30.4 Å². The molecule has 0 aliphatic carbocycles. The van der Waals surface area contributed by atoms with E-state index in [9.17, 15) is 19.8 Å². The van der Waals surface area contributed by atoms with Crippen LogP contribution in [-0.2, 0) is 16.0 Å². The van der Waals surface area contributed by atoms with Crippen LogP contribution in [-0.4, -0.2) is 34.5 Å². The fraction of sp³-hybridized carbons (Fsp3) is 0.379. The topological polar surface area (TPSA) is 93.1 Å².